The van der Waals surface area contributed by atoms with E-state index in [1.54, 1.807) is 31.0 Å². The number of amides is 1. The molecule has 1 unspecified atom stereocenters. The van der Waals surface area contributed by atoms with Crippen LogP contribution in [0.1, 0.15) is 28.4 Å². The van der Waals surface area contributed by atoms with Crippen molar-refractivity contribution in [2.45, 2.75) is 25.5 Å². The number of benzene rings is 2. The molecule has 1 aliphatic heterocycles. The summed E-state index contributed by atoms with van der Waals surface area (Å²) >= 11 is 0. The van der Waals surface area contributed by atoms with Gasteiger partial charge in [0.25, 0.3) is 5.91 Å². The molecule has 0 fully saturated rings. The van der Waals surface area contributed by atoms with E-state index in [9.17, 15) is 9.59 Å². The second-order valence-electron chi connectivity index (χ2n) is 6.10. The van der Waals surface area contributed by atoms with Crippen molar-refractivity contribution in [3.63, 3.8) is 0 Å². The van der Waals surface area contributed by atoms with Crippen LogP contribution >= 0.6 is 0 Å². The van der Waals surface area contributed by atoms with Gasteiger partial charge in [0, 0.05) is 20.0 Å². The van der Waals surface area contributed by atoms with Crippen LogP contribution in [0.15, 0.2) is 54.6 Å². The molecule has 0 aromatic heterocycles. The van der Waals surface area contributed by atoms with Gasteiger partial charge in [-0.2, -0.15) is 0 Å². The van der Waals surface area contributed by atoms with E-state index in [2.05, 4.69) is 0 Å². The fraction of sp³-hybridized carbons (Fsp3) is 0.263. The van der Waals surface area contributed by atoms with E-state index in [1.165, 1.54) is 0 Å². The molecule has 4 nitrogen and oxygen atoms in total. The highest BCUT2D eigenvalue weighted by Crippen LogP contribution is 2.29. The third kappa shape index (κ3) is 2.97. The Labute approximate surface area is 135 Å². The van der Waals surface area contributed by atoms with Crippen molar-refractivity contribution in [2.75, 3.05) is 7.05 Å². The zero-order valence-corrected chi connectivity index (χ0v) is 13.3. The number of carbonyl (C=O) groups is 2. The number of ether oxygens (including phenoxy) is 1. The van der Waals surface area contributed by atoms with Crippen LogP contribution in [0.2, 0.25) is 0 Å². The Balaban J connectivity index is 1.80. The Morgan fingerprint density at radius 3 is 2.52 bits per heavy atom. The molecule has 0 spiro atoms. The molecule has 0 aliphatic carbocycles. The third-order valence-electron chi connectivity index (χ3n) is 4.14. The monoisotopic (exact) mass is 309 g/mol. The second-order valence-corrected chi connectivity index (χ2v) is 6.10. The van der Waals surface area contributed by atoms with Gasteiger partial charge in [-0.1, -0.05) is 48.5 Å². The fourth-order valence-electron chi connectivity index (χ4n) is 2.98. The van der Waals surface area contributed by atoms with Crippen LogP contribution in [0.3, 0.4) is 0 Å². The topological polar surface area (TPSA) is 46.6 Å². The van der Waals surface area contributed by atoms with E-state index in [0.717, 1.165) is 11.1 Å². The minimum Gasteiger partial charge on any atom is -0.445 e. The molecule has 3 rings (SSSR count). The zero-order chi connectivity index (χ0) is 16.4. The molecule has 1 atom stereocenters. The van der Waals surface area contributed by atoms with Gasteiger partial charge in [-0.3, -0.25) is 4.79 Å². The normalized spacial score (nSPS) is 19.7. The number of hydrogen-bond acceptors (Lipinski definition) is 3. The van der Waals surface area contributed by atoms with E-state index in [0.29, 0.717) is 18.5 Å². The van der Waals surface area contributed by atoms with Crippen molar-refractivity contribution in [3.05, 3.63) is 71.3 Å². The highest BCUT2D eigenvalue weighted by atomic mass is 16.6. The highest BCUT2D eigenvalue weighted by Gasteiger charge is 2.43. The molecule has 1 amide bonds. The van der Waals surface area contributed by atoms with Crippen molar-refractivity contribution in [1.29, 1.82) is 0 Å². The Bertz CT molecular complexity index is 741. The summed E-state index contributed by atoms with van der Waals surface area (Å²) in [7, 11) is 1.73. The van der Waals surface area contributed by atoms with Crippen LogP contribution < -0.4 is 0 Å². The maximum atomic E-state index is 12.8. The van der Waals surface area contributed by atoms with E-state index < -0.39 is 11.6 Å². The molecule has 118 valence electrons. The molecular weight excluding hydrogens is 290 g/mol. The largest absolute Gasteiger partial charge is 0.445 e. The first-order chi connectivity index (χ1) is 11.0. The lowest BCUT2D eigenvalue weighted by atomic mass is 9.89. The van der Waals surface area contributed by atoms with Crippen LogP contribution in [0, 0.1) is 0 Å². The fourth-order valence-corrected chi connectivity index (χ4v) is 2.98. The van der Waals surface area contributed by atoms with Gasteiger partial charge in [-0.05, 0) is 24.1 Å². The number of cyclic esters (lactones) is 1. The van der Waals surface area contributed by atoms with Crippen molar-refractivity contribution in [1.82, 2.24) is 4.90 Å². The molecule has 2 aromatic rings. The molecule has 4 heteroatoms. The summed E-state index contributed by atoms with van der Waals surface area (Å²) in [5, 5.41) is 0. The lowest BCUT2D eigenvalue weighted by Crippen LogP contribution is -2.51. The van der Waals surface area contributed by atoms with Crippen molar-refractivity contribution < 1.29 is 14.3 Å². The molecular formula is C19H19NO3. The van der Waals surface area contributed by atoms with Crippen LogP contribution in [0.25, 0.3) is 0 Å². The van der Waals surface area contributed by atoms with Crippen molar-refractivity contribution >= 4 is 11.9 Å². The predicted molar refractivity (Wildman–Crippen MR) is 86.9 cm³/mol. The number of fused-ring (bicyclic) bond motifs is 1. The van der Waals surface area contributed by atoms with Crippen LogP contribution in [-0.2, 0) is 22.5 Å². The van der Waals surface area contributed by atoms with Crippen molar-refractivity contribution in [3.8, 4) is 0 Å². The first kappa shape index (κ1) is 15.3. The summed E-state index contributed by atoms with van der Waals surface area (Å²) in [6.07, 6.45) is 0.396. The standard InChI is InChI=1S/C19H19NO3/c1-19(12-15-10-6-7-11-16(15)17(21)23-19)18(22)20(2)13-14-8-4-3-5-9-14/h3-11H,12-13H2,1-2H3. The SMILES string of the molecule is CN(Cc1ccccc1)C(=O)C1(C)Cc2ccccc2C(=O)O1. The number of rotatable bonds is 3. The van der Waals surface area contributed by atoms with E-state index in [1.807, 2.05) is 42.5 Å². The number of nitrogens with zero attached hydrogens (tertiary/aromatic N) is 1. The minimum atomic E-state index is -1.16. The molecule has 0 saturated carbocycles. The van der Waals surface area contributed by atoms with Gasteiger partial charge >= 0.3 is 5.97 Å². The molecule has 2 aromatic carbocycles. The lowest BCUT2D eigenvalue weighted by molar-refractivity contribution is -0.150. The summed E-state index contributed by atoms with van der Waals surface area (Å²) in [4.78, 5) is 26.6. The third-order valence-corrected chi connectivity index (χ3v) is 4.14. The Hall–Kier alpha value is -2.62. The predicted octanol–water partition coefficient (Wildman–Crippen LogP) is 2.82. The van der Waals surface area contributed by atoms with E-state index >= 15 is 0 Å². The molecule has 0 N–H and O–H groups in total. The van der Waals surface area contributed by atoms with Gasteiger partial charge in [0.2, 0.25) is 0 Å². The first-order valence-corrected chi connectivity index (χ1v) is 7.60. The summed E-state index contributed by atoms with van der Waals surface area (Å²) < 4.78 is 5.49. The Morgan fingerprint density at radius 2 is 1.78 bits per heavy atom. The molecule has 0 radical (unpaired) electrons. The van der Waals surface area contributed by atoms with Crippen LogP contribution in [0.5, 0.6) is 0 Å². The van der Waals surface area contributed by atoms with Gasteiger partial charge in [-0.15, -0.1) is 0 Å². The number of hydrogen-bond donors (Lipinski definition) is 0. The number of carbonyl (C=O) groups excluding carboxylic acids is 2. The zero-order valence-electron chi connectivity index (χ0n) is 13.3. The summed E-state index contributed by atoms with van der Waals surface area (Å²) in [6, 6.07) is 17.0. The highest BCUT2D eigenvalue weighted by molar-refractivity contribution is 5.97. The van der Waals surface area contributed by atoms with Gasteiger partial charge < -0.3 is 9.64 Å². The van der Waals surface area contributed by atoms with Gasteiger partial charge in [0.15, 0.2) is 5.60 Å². The maximum Gasteiger partial charge on any atom is 0.339 e. The smallest absolute Gasteiger partial charge is 0.339 e. The van der Waals surface area contributed by atoms with Gasteiger partial charge in [0.05, 0.1) is 5.56 Å². The van der Waals surface area contributed by atoms with Crippen LogP contribution in [0.4, 0.5) is 0 Å². The first-order valence-electron chi connectivity index (χ1n) is 7.60. The Morgan fingerprint density at radius 1 is 1.13 bits per heavy atom. The summed E-state index contributed by atoms with van der Waals surface area (Å²) in [6.45, 7) is 2.17. The quantitative estimate of drug-likeness (QED) is 0.819. The van der Waals surface area contributed by atoms with E-state index in [4.69, 9.17) is 4.74 Å². The van der Waals surface area contributed by atoms with Gasteiger partial charge in [-0.25, -0.2) is 4.79 Å². The Kier molecular flexibility index (Phi) is 3.90. The average molecular weight is 309 g/mol. The minimum absolute atomic E-state index is 0.191. The molecule has 0 saturated heterocycles. The lowest BCUT2D eigenvalue weighted by Gasteiger charge is -2.36. The maximum absolute atomic E-state index is 12.8. The van der Waals surface area contributed by atoms with Crippen molar-refractivity contribution in [2.24, 2.45) is 0 Å². The molecule has 0 bridgehead atoms. The molecule has 1 heterocycles. The average Bonchev–Trinajstić information content (AvgIpc) is 2.55. The summed E-state index contributed by atoms with van der Waals surface area (Å²) in [5.41, 5.74) is 1.28. The summed E-state index contributed by atoms with van der Waals surface area (Å²) in [5.74, 6) is -0.625. The van der Waals surface area contributed by atoms with Gasteiger partial charge in [0.1, 0.15) is 0 Å². The number of esters is 1. The van der Waals surface area contributed by atoms with E-state index in [-0.39, 0.29) is 5.91 Å². The molecule has 23 heavy (non-hydrogen) atoms. The molecule has 1 aliphatic rings. The number of likely N-dealkylation sites (N-methyl/N-ethyl adjacent to an activating group) is 1. The second kappa shape index (κ2) is 5.88. The van der Waals surface area contributed by atoms with Crippen LogP contribution in [-0.4, -0.2) is 29.4 Å².